The van der Waals surface area contributed by atoms with Gasteiger partial charge < -0.3 is 33.7 Å². The number of rotatable bonds is 15. The van der Waals surface area contributed by atoms with Crippen LogP contribution in [0.4, 0.5) is 45.2 Å². The van der Waals surface area contributed by atoms with Gasteiger partial charge in [-0.2, -0.15) is 26.3 Å². The van der Waals surface area contributed by atoms with Crippen LogP contribution in [-0.4, -0.2) is 69.0 Å². The van der Waals surface area contributed by atoms with Crippen molar-refractivity contribution in [2.75, 3.05) is 11.9 Å². The molecule has 0 aliphatic heterocycles. The second-order valence-corrected chi connectivity index (χ2v) is 20.0. The molecule has 79 heavy (non-hydrogen) atoms. The molecule has 4 heterocycles. The molecule has 2 aliphatic rings. The summed E-state index contributed by atoms with van der Waals surface area (Å²) in [4.78, 5) is 8.92. The summed E-state index contributed by atoms with van der Waals surface area (Å²) in [6, 6.07) is 26.0. The second-order valence-electron chi connectivity index (χ2n) is 20.0. The zero-order valence-corrected chi connectivity index (χ0v) is 41.5. The lowest BCUT2D eigenvalue weighted by Gasteiger charge is -2.33. The molecule has 10 aromatic rings. The smallest absolute Gasteiger partial charge is 0.420 e. The van der Waals surface area contributed by atoms with Crippen LogP contribution in [0, 0.1) is 11.6 Å². The molecule has 2 fully saturated rings. The van der Waals surface area contributed by atoms with Crippen LogP contribution in [0.15, 0.2) is 131 Å². The monoisotopic (exact) mass is 1090 g/mol. The molecule has 2 saturated carbocycles. The summed E-state index contributed by atoms with van der Waals surface area (Å²) in [6.45, 7) is 0.341. The molecule has 404 valence electrons. The predicted molar refractivity (Wildman–Crippen MR) is 274 cm³/mol. The summed E-state index contributed by atoms with van der Waals surface area (Å²) in [5.41, 5.74) is -0.620. The van der Waals surface area contributed by atoms with E-state index in [0.29, 0.717) is 70.2 Å². The van der Waals surface area contributed by atoms with Crippen molar-refractivity contribution in [2.45, 2.75) is 88.3 Å². The average molecular weight is 1090 g/mol. The van der Waals surface area contributed by atoms with Gasteiger partial charge in [0.25, 0.3) is 0 Å². The van der Waals surface area contributed by atoms with Crippen molar-refractivity contribution in [1.29, 1.82) is 0 Å². The van der Waals surface area contributed by atoms with Crippen LogP contribution >= 0.6 is 0 Å². The number of halogens is 9. The molecule has 0 radical (unpaired) electrons. The minimum Gasteiger partial charge on any atom is -0.435 e. The largest absolute Gasteiger partial charge is 0.435 e. The van der Waals surface area contributed by atoms with Gasteiger partial charge in [0.1, 0.15) is 52.1 Å². The number of hydrogen-bond acceptors (Lipinski definition) is 11. The van der Waals surface area contributed by atoms with Crippen molar-refractivity contribution >= 4 is 27.9 Å². The van der Waals surface area contributed by atoms with Gasteiger partial charge in [0, 0.05) is 54.1 Å². The van der Waals surface area contributed by atoms with Crippen molar-refractivity contribution in [2.24, 2.45) is 0 Å². The second kappa shape index (κ2) is 20.1. The number of nitrogens with zero attached hydrogens (tertiary/aromatic N) is 8. The molecule has 0 saturated heterocycles. The minimum atomic E-state index is -4.78. The summed E-state index contributed by atoms with van der Waals surface area (Å²) in [5, 5.41) is 33.3. The number of alkyl halides is 7. The fraction of sp³-hybridized carbons (Fsp3) is 0.263. The van der Waals surface area contributed by atoms with Gasteiger partial charge in [-0.15, -0.1) is 20.4 Å². The molecule has 13 nitrogen and oxygen atoms in total. The molecular formula is C57H45F9N10O3. The number of aliphatic hydroxyl groups is 1. The third kappa shape index (κ3) is 10.3. The van der Waals surface area contributed by atoms with E-state index in [-0.39, 0.29) is 71.9 Å². The summed E-state index contributed by atoms with van der Waals surface area (Å²) in [5.74, 6) is -0.836. The Morgan fingerprint density at radius 2 is 1.14 bits per heavy atom. The molecule has 0 amide bonds. The predicted octanol–water partition coefficient (Wildman–Crippen LogP) is 13.5. The van der Waals surface area contributed by atoms with Crippen molar-refractivity contribution in [1.82, 2.24) is 44.8 Å². The van der Waals surface area contributed by atoms with E-state index in [9.17, 15) is 35.8 Å². The van der Waals surface area contributed by atoms with Crippen LogP contribution in [0.1, 0.15) is 55.2 Å². The number of nitrogens with one attached hydrogen (secondary N) is 2. The highest BCUT2D eigenvalue weighted by Crippen LogP contribution is 2.43. The number of aromatic nitrogens is 8. The number of hydrogen-bond donors (Lipinski definition) is 3. The Balaban J connectivity index is 0.810. The van der Waals surface area contributed by atoms with E-state index in [2.05, 4.69) is 41.0 Å². The van der Waals surface area contributed by atoms with Crippen molar-refractivity contribution in [3.63, 3.8) is 0 Å². The van der Waals surface area contributed by atoms with E-state index in [1.807, 2.05) is 0 Å². The van der Waals surface area contributed by atoms with E-state index in [1.165, 1.54) is 49.1 Å². The van der Waals surface area contributed by atoms with Crippen LogP contribution in [0.25, 0.3) is 90.1 Å². The number of anilines is 1. The molecule has 0 bridgehead atoms. The normalized spacial score (nSPS) is 16.5. The summed E-state index contributed by atoms with van der Waals surface area (Å²) in [6.07, 6.45) is -3.92. The molecule has 2 aliphatic carbocycles. The van der Waals surface area contributed by atoms with Crippen LogP contribution in [-0.2, 0) is 32.0 Å². The molecular weight excluding hydrogens is 1040 g/mol. The zero-order chi connectivity index (χ0) is 54.8. The number of benzene rings is 6. The highest BCUT2D eigenvalue weighted by atomic mass is 19.4. The van der Waals surface area contributed by atoms with Gasteiger partial charge in [0.15, 0.2) is 22.8 Å². The first-order chi connectivity index (χ1) is 37.9. The minimum absolute atomic E-state index is 0.00758. The van der Waals surface area contributed by atoms with Gasteiger partial charge in [0.2, 0.25) is 11.8 Å². The maximum atomic E-state index is 15.2. The number of aliphatic hydroxyl groups excluding tert-OH is 1. The van der Waals surface area contributed by atoms with Gasteiger partial charge in [-0.3, -0.25) is 0 Å². The fourth-order valence-electron chi connectivity index (χ4n) is 10.5. The Kier molecular flexibility index (Phi) is 13.1. The van der Waals surface area contributed by atoms with E-state index >= 15 is 8.78 Å². The molecule has 2 atom stereocenters. The highest BCUT2D eigenvalue weighted by molar-refractivity contribution is 5.87. The lowest BCUT2D eigenvalue weighted by Crippen LogP contribution is -2.42. The lowest BCUT2D eigenvalue weighted by molar-refractivity contribution is -0.137. The van der Waals surface area contributed by atoms with Gasteiger partial charge in [-0.1, -0.05) is 36.4 Å². The Morgan fingerprint density at radius 1 is 0.608 bits per heavy atom. The summed E-state index contributed by atoms with van der Waals surface area (Å²) in [7, 11) is 0. The average Bonchev–Trinajstić information content (AvgIpc) is 4.48. The Labute approximate surface area is 443 Å². The van der Waals surface area contributed by atoms with Gasteiger partial charge >= 0.3 is 12.4 Å². The van der Waals surface area contributed by atoms with E-state index < -0.39 is 64.1 Å². The zero-order valence-electron chi connectivity index (χ0n) is 41.5. The summed E-state index contributed by atoms with van der Waals surface area (Å²) < 4.78 is 147. The van der Waals surface area contributed by atoms with Gasteiger partial charge in [-0.05, 0) is 139 Å². The molecule has 0 spiro atoms. The fourth-order valence-corrected chi connectivity index (χ4v) is 10.5. The quantitative estimate of drug-likeness (QED) is 0.0839. The van der Waals surface area contributed by atoms with Gasteiger partial charge in [-0.25, -0.2) is 23.1 Å². The van der Waals surface area contributed by atoms with Crippen LogP contribution in [0.3, 0.4) is 0 Å². The van der Waals surface area contributed by atoms with Gasteiger partial charge in [0.05, 0.1) is 12.1 Å². The van der Waals surface area contributed by atoms with Crippen LogP contribution in [0.5, 0.6) is 0 Å². The number of aryl methyl sites for hydroxylation is 2. The van der Waals surface area contributed by atoms with Crippen LogP contribution in [0.2, 0.25) is 0 Å². The topological polar surface area (TPSA) is 158 Å². The van der Waals surface area contributed by atoms with Crippen molar-refractivity contribution in [3.05, 3.63) is 150 Å². The third-order valence-corrected chi connectivity index (χ3v) is 14.6. The molecule has 4 aromatic heterocycles. The Bertz CT molecular complexity index is 3920. The molecule has 22 heteroatoms. The first-order valence-electron chi connectivity index (χ1n) is 25.4. The van der Waals surface area contributed by atoms with Crippen LogP contribution < -0.4 is 10.6 Å². The maximum Gasteiger partial charge on any atom is 0.420 e. The number of fused-ring (bicyclic) bond motifs is 2. The standard InChI is InChI=1S/C57H45F9N10O3/c58-36-11-13-39(32-5-1-7-34(21-32)53-71-46-20-31(27-67-28-55(60)15-4-16-55)19-43(49(46)78-53)56(61,62)63)41(23-36)51-73-68-29-75(51)17-18-76-30-69-74-52(76)42-24-37(59)12-14-40(42)33-6-2-8-35(22-33)54-72-47-26-38(70-45-9-3-10-48(45)77)25-44(50(47)79-54)57(64,65)66/h1-2,5-8,11-14,19-26,29-30,45,48,67,70,77H,3-4,9-10,15-18,27-28H2/t45-,48+/m1/s1. The SMILES string of the molecule is O[C@H]1CCC[C@H]1Nc1cc(C(F)(F)F)c2oc(-c3cccc(-c4ccc(F)cc4-c4nncn4CCn4cnnc4-c4cc(F)ccc4-c4cccc(-c5nc6cc(CNCC7(F)CCC7)cc(C(F)(F)F)c6o5)c4)c3)nc2c1. The molecule has 0 unspecified atom stereocenters. The van der Waals surface area contributed by atoms with E-state index in [1.54, 1.807) is 69.8 Å². The van der Waals surface area contributed by atoms with E-state index in [4.69, 9.17) is 8.83 Å². The molecule has 3 N–H and O–H groups in total. The molecule has 12 rings (SSSR count). The highest BCUT2D eigenvalue weighted by Gasteiger charge is 2.39. The first-order valence-corrected chi connectivity index (χ1v) is 25.4. The summed E-state index contributed by atoms with van der Waals surface area (Å²) >= 11 is 0. The van der Waals surface area contributed by atoms with Crippen molar-refractivity contribution in [3.8, 4) is 67.9 Å². The van der Waals surface area contributed by atoms with Crippen molar-refractivity contribution < 1.29 is 53.5 Å². The lowest BCUT2D eigenvalue weighted by atomic mass is 9.82. The Morgan fingerprint density at radius 3 is 1.65 bits per heavy atom. The number of oxazole rings is 2. The third-order valence-electron chi connectivity index (χ3n) is 14.6. The Hall–Kier alpha value is -8.37. The molecule has 6 aromatic carbocycles. The maximum absolute atomic E-state index is 15.2. The first kappa shape index (κ1) is 51.4. The van der Waals surface area contributed by atoms with E-state index in [0.717, 1.165) is 25.0 Å².